The number of benzene rings is 1. The van der Waals surface area contributed by atoms with E-state index in [4.69, 9.17) is 13.9 Å². The van der Waals surface area contributed by atoms with Gasteiger partial charge in [-0.15, -0.1) is 0 Å². The van der Waals surface area contributed by atoms with Crippen molar-refractivity contribution in [2.75, 3.05) is 7.11 Å². The Balaban J connectivity index is 2.07. The van der Waals surface area contributed by atoms with Crippen molar-refractivity contribution in [3.63, 3.8) is 0 Å². The second-order valence-corrected chi connectivity index (χ2v) is 8.37. The molecule has 1 aromatic carbocycles. The highest BCUT2D eigenvalue weighted by molar-refractivity contribution is 5.83. The highest BCUT2D eigenvalue weighted by Crippen LogP contribution is 2.46. The van der Waals surface area contributed by atoms with E-state index in [1.807, 2.05) is 6.92 Å². The first kappa shape index (κ1) is 24.0. The topological polar surface area (TPSA) is 65.7 Å². The minimum Gasteiger partial charge on any atom is -0.465 e. The summed E-state index contributed by atoms with van der Waals surface area (Å²) in [6, 6.07) is 6.70. The molecule has 0 unspecified atom stereocenters. The lowest BCUT2D eigenvalue weighted by Crippen LogP contribution is -2.55. The molecule has 5 nitrogen and oxygen atoms in total. The average molecular weight is 452 g/mol. The van der Waals surface area contributed by atoms with Crippen LogP contribution in [0.5, 0.6) is 0 Å². The van der Waals surface area contributed by atoms with Gasteiger partial charge in [-0.1, -0.05) is 37.3 Å². The van der Waals surface area contributed by atoms with Crippen molar-refractivity contribution < 1.29 is 31.9 Å². The molecule has 0 radical (unpaired) electrons. The van der Waals surface area contributed by atoms with Crippen molar-refractivity contribution in [2.24, 2.45) is 0 Å². The van der Waals surface area contributed by atoms with Gasteiger partial charge in [0, 0.05) is 23.8 Å². The first-order valence-corrected chi connectivity index (χ1v) is 10.5. The minimum atomic E-state index is -5.06. The van der Waals surface area contributed by atoms with Crippen molar-refractivity contribution in [3.05, 3.63) is 68.8 Å². The van der Waals surface area contributed by atoms with E-state index in [2.05, 4.69) is 0 Å². The van der Waals surface area contributed by atoms with Crippen LogP contribution in [-0.2, 0) is 31.7 Å². The molecule has 1 aliphatic carbocycles. The Morgan fingerprint density at radius 1 is 1.22 bits per heavy atom. The van der Waals surface area contributed by atoms with E-state index in [1.54, 1.807) is 26.8 Å². The molecule has 0 spiro atoms. The van der Waals surface area contributed by atoms with Crippen molar-refractivity contribution in [1.29, 1.82) is 0 Å². The number of aryl methyl sites for hydroxylation is 1. The zero-order valence-corrected chi connectivity index (χ0v) is 18.8. The highest BCUT2D eigenvalue weighted by atomic mass is 19.4. The summed E-state index contributed by atoms with van der Waals surface area (Å²) < 4.78 is 59.1. The molecule has 0 fully saturated rings. The zero-order chi connectivity index (χ0) is 23.9. The summed E-state index contributed by atoms with van der Waals surface area (Å²) in [6.07, 6.45) is -5.17. The third-order valence-corrected chi connectivity index (χ3v) is 6.71. The van der Waals surface area contributed by atoms with Crippen LogP contribution >= 0.6 is 0 Å². The Kier molecular flexibility index (Phi) is 6.30. The number of rotatable bonds is 5. The third kappa shape index (κ3) is 3.54. The molecule has 3 rings (SSSR count). The summed E-state index contributed by atoms with van der Waals surface area (Å²) in [5, 5.41) is 0. The first-order valence-electron chi connectivity index (χ1n) is 10.5. The summed E-state index contributed by atoms with van der Waals surface area (Å²) >= 11 is 0. The van der Waals surface area contributed by atoms with Gasteiger partial charge in [-0.25, -0.2) is 4.79 Å². The van der Waals surface area contributed by atoms with Gasteiger partial charge in [0.15, 0.2) is 5.43 Å². The Labute approximate surface area is 184 Å². The van der Waals surface area contributed by atoms with Gasteiger partial charge in [0.05, 0.1) is 5.41 Å². The van der Waals surface area contributed by atoms with E-state index >= 15 is 0 Å². The van der Waals surface area contributed by atoms with Gasteiger partial charge in [0.2, 0.25) is 0 Å². The summed E-state index contributed by atoms with van der Waals surface area (Å²) in [6.45, 7) is 6.89. The Morgan fingerprint density at radius 3 is 2.38 bits per heavy atom. The fourth-order valence-corrected chi connectivity index (χ4v) is 4.39. The number of methoxy groups -OCH3 is 1. The van der Waals surface area contributed by atoms with Gasteiger partial charge in [-0.05, 0) is 40.0 Å². The fourth-order valence-electron chi connectivity index (χ4n) is 4.39. The van der Waals surface area contributed by atoms with Crippen LogP contribution in [0.4, 0.5) is 13.2 Å². The second kappa shape index (κ2) is 8.39. The molecule has 0 saturated heterocycles. The second-order valence-electron chi connectivity index (χ2n) is 8.37. The van der Waals surface area contributed by atoms with Crippen molar-refractivity contribution in [1.82, 2.24) is 0 Å². The molecule has 174 valence electrons. The molecule has 1 heterocycles. The molecule has 0 aliphatic heterocycles. The highest BCUT2D eigenvalue weighted by Gasteiger charge is 2.65. The third-order valence-electron chi connectivity index (χ3n) is 6.71. The molecule has 0 N–H and O–H groups in total. The molecular formula is C24H27F3O5. The molecule has 0 amide bonds. The van der Waals surface area contributed by atoms with E-state index in [1.165, 1.54) is 24.3 Å². The lowest BCUT2D eigenvalue weighted by molar-refractivity contribution is -0.279. The number of hydrogen-bond donors (Lipinski definition) is 0. The van der Waals surface area contributed by atoms with E-state index in [0.29, 0.717) is 29.1 Å². The van der Waals surface area contributed by atoms with Gasteiger partial charge in [-0.3, -0.25) is 4.79 Å². The Bertz CT molecular complexity index is 1060. The lowest BCUT2D eigenvalue weighted by atomic mass is 9.70. The molecule has 0 saturated carbocycles. The van der Waals surface area contributed by atoms with Gasteiger partial charge in [-0.2, -0.15) is 13.2 Å². The molecule has 2 aromatic rings. The predicted octanol–water partition coefficient (Wildman–Crippen LogP) is 4.89. The number of esters is 1. The average Bonchev–Trinajstić information content (AvgIpc) is 2.75. The molecule has 1 aromatic heterocycles. The number of halogens is 3. The van der Waals surface area contributed by atoms with Crippen molar-refractivity contribution in [3.8, 4) is 0 Å². The van der Waals surface area contributed by atoms with Crippen LogP contribution in [0, 0.1) is 13.8 Å². The molecule has 1 aliphatic rings. The van der Waals surface area contributed by atoms with Gasteiger partial charge >= 0.3 is 12.1 Å². The summed E-state index contributed by atoms with van der Waals surface area (Å²) in [5.41, 5.74) is -3.76. The Hall–Kier alpha value is -2.61. The van der Waals surface area contributed by atoms with E-state index in [9.17, 15) is 22.8 Å². The van der Waals surface area contributed by atoms with Crippen molar-refractivity contribution in [2.45, 2.75) is 70.3 Å². The number of hydrogen-bond acceptors (Lipinski definition) is 5. The van der Waals surface area contributed by atoms with Crippen LogP contribution in [0.25, 0.3) is 0 Å². The van der Waals surface area contributed by atoms with Crippen molar-refractivity contribution >= 4 is 5.97 Å². The SMILES string of the molecule is CC[C@]1(C)c2oc(C)c(C)c(=O)c2CC[C@H]1OC(=O)[C@@](OC)(c1ccccc1)C(F)(F)F. The minimum absolute atomic E-state index is 0.140. The molecule has 3 atom stereocenters. The summed E-state index contributed by atoms with van der Waals surface area (Å²) in [7, 11) is 0.835. The van der Waals surface area contributed by atoms with E-state index in [0.717, 1.165) is 7.11 Å². The number of ether oxygens (including phenoxy) is 2. The number of carbonyl (C=O) groups excluding carboxylic acids is 1. The maximum atomic E-state index is 14.2. The van der Waals surface area contributed by atoms with Gasteiger partial charge in [0.1, 0.15) is 17.6 Å². The molecule has 8 heteroatoms. The normalized spacial score (nSPS) is 22.7. The van der Waals surface area contributed by atoms with Crippen LogP contribution in [0.1, 0.15) is 54.9 Å². The largest absolute Gasteiger partial charge is 0.465 e. The van der Waals surface area contributed by atoms with Gasteiger partial charge in [0.25, 0.3) is 5.60 Å². The monoisotopic (exact) mass is 452 g/mol. The maximum Gasteiger partial charge on any atom is 0.432 e. The van der Waals surface area contributed by atoms with Crippen LogP contribution in [0.2, 0.25) is 0 Å². The number of alkyl halides is 3. The predicted molar refractivity (Wildman–Crippen MR) is 111 cm³/mol. The first-order chi connectivity index (χ1) is 14.9. The molecule has 32 heavy (non-hydrogen) atoms. The number of carbonyl (C=O) groups is 1. The van der Waals surface area contributed by atoms with Crippen LogP contribution < -0.4 is 5.43 Å². The smallest absolute Gasteiger partial charge is 0.432 e. The fraction of sp³-hybridized carbons (Fsp3) is 0.500. The molecular weight excluding hydrogens is 425 g/mol. The lowest BCUT2D eigenvalue weighted by Gasteiger charge is -2.42. The summed E-state index contributed by atoms with van der Waals surface area (Å²) in [5.74, 6) is -0.740. The standard InChI is InChI=1S/C24H27F3O5/c1-6-22(4)18(13-12-17-19(28)14(2)15(3)31-20(17)22)32-21(29)23(30-5,24(25,26)27)16-10-8-7-9-11-16/h7-11,18H,6,12-13H2,1-5H3/t18-,22+,23+/m1/s1. The zero-order valence-electron chi connectivity index (χ0n) is 18.8. The summed E-state index contributed by atoms with van der Waals surface area (Å²) in [4.78, 5) is 25.9. The van der Waals surface area contributed by atoms with Crippen LogP contribution in [0.15, 0.2) is 39.5 Å². The van der Waals surface area contributed by atoms with Crippen LogP contribution in [0.3, 0.4) is 0 Å². The number of fused-ring (bicyclic) bond motifs is 1. The maximum absolute atomic E-state index is 14.2. The van der Waals surface area contributed by atoms with Crippen LogP contribution in [-0.4, -0.2) is 25.4 Å². The quantitative estimate of drug-likeness (QED) is 0.605. The Morgan fingerprint density at radius 2 is 1.84 bits per heavy atom. The van der Waals surface area contributed by atoms with E-state index < -0.39 is 29.3 Å². The van der Waals surface area contributed by atoms with Gasteiger partial charge < -0.3 is 13.9 Å². The van der Waals surface area contributed by atoms with E-state index in [-0.39, 0.29) is 23.8 Å². The molecule has 0 bridgehead atoms.